The molecule has 2 aromatic rings. The van der Waals surface area contributed by atoms with Crippen molar-refractivity contribution in [2.45, 2.75) is 25.7 Å². The minimum absolute atomic E-state index is 0.156. The van der Waals surface area contributed by atoms with Crippen LogP contribution in [-0.2, 0) is 33.0 Å². The van der Waals surface area contributed by atoms with E-state index in [1.54, 1.807) is 0 Å². The highest BCUT2D eigenvalue weighted by atomic mass is 31.2. The smallest absolute Gasteiger partial charge is 0.379 e. The third-order valence-corrected chi connectivity index (χ3v) is 7.73. The van der Waals surface area contributed by atoms with Crippen molar-refractivity contribution in [1.82, 2.24) is 4.90 Å². The fraction of sp³-hybridized carbons (Fsp3) is 0.583. The Balaban J connectivity index is 1.34. The van der Waals surface area contributed by atoms with Gasteiger partial charge in [-0.2, -0.15) is 0 Å². The summed E-state index contributed by atoms with van der Waals surface area (Å²) in [4.78, 5) is 2.20. The summed E-state index contributed by atoms with van der Waals surface area (Å²) >= 11 is 0. The second kappa shape index (κ2) is 10.7. The van der Waals surface area contributed by atoms with Gasteiger partial charge in [0, 0.05) is 31.7 Å². The van der Waals surface area contributed by atoms with Gasteiger partial charge in [0.25, 0.3) is 0 Å². The molecule has 2 aromatic carbocycles. The van der Waals surface area contributed by atoms with Crippen molar-refractivity contribution in [2.24, 2.45) is 5.92 Å². The number of benzene rings is 2. The van der Waals surface area contributed by atoms with Gasteiger partial charge >= 0.3 is 7.82 Å². The van der Waals surface area contributed by atoms with Gasteiger partial charge in [0.2, 0.25) is 0 Å². The normalized spacial score (nSPS) is 23.0. The zero-order chi connectivity index (χ0) is 22.4. The van der Waals surface area contributed by atoms with Gasteiger partial charge in [-0.25, -0.2) is 4.57 Å². The molecular formula is C24H34NO6P. The number of phosphoric acid groups is 1. The first kappa shape index (κ1) is 23.8. The molecule has 1 saturated carbocycles. The van der Waals surface area contributed by atoms with Crippen LogP contribution in [0.5, 0.6) is 0 Å². The highest BCUT2D eigenvalue weighted by Gasteiger charge is 2.60. The lowest BCUT2D eigenvalue weighted by molar-refractivity contribution is 0.0310. The molecule has 0 N–H and O–H groups in total. The number of fused-ring (bicyclic) bond motifs is 2. The Morgan fingerprint density at radius 3 is 2.31 bits per heavy atom. The van der Waals surface area contributed by atoms with Crippen LogP contribution in [0.2, 0.25) is 0 Å². The van der Waals surface area contributed by atoms with Crippen LogP contribution in [0.4, 0.5) is 0 Å². The predicted octanol–water partition coefficient (Wildman–Crippen LogP) is 4.60. The van der Waals surface area contributed by atoms with Gasteiger partial charge in [0.15, 0.2) is 0 Å². The largest absolute Gasteiger partial charge is 0.476 e. The SMILES string of the molecule is CCOCCOP(=O)(OCCOCC)OCN1C[C@H]2C[C@@]2(c2ccc3ccccc3c2)C1. The number of nitrogens with zero attached hydrogens (tertiary/aromatic N) is 1. The maximum atomic E-state index is 13.1. The third kappa shape index (κ3) is 5.60. The predicted molar refractivity (Wildman–Crippen MR) is 124 cm³/mol. The van der Waals surface area contributed by atoms with Crippen molar-refractivity contribution in [3.05, 3.63) is 48.0 Å². The number of likely N-dealkylation sites (tertiary alicyclic amines) is 1. The second-order valence-corrected chi connectivity index (χ2v) is 10.1. The lowest BCUT2D eigenvalue weighted by atomic mass is 9.93. The summed E-state index contributed by atoms with van der Waals surface area (Å²) in [6.07, 6.45) is 1.19. The number of rotatable bonds is 14. The molecule has 0 aromatic heterocycles. The van der Waals surface area contributed by atoms with Crippen molar-refractivity contribution in [2.75, 3.05) is 59.5 Å². The number of hydrogen-bond acceptors (Lipinski definition) is 7. The summed E-state index contributed by atoms with van der Waals surface area (Å²) in [5, 5.41) is 2.53. The summed E-state index contributed by atoms with van der Waals surface area (Å²) in [5.74, 6) is 0.601. The Kier molecular flexibility index (Phi) is 8.00. The van der Waals surface area contributed by atoms with Gasteiger partial charge in [-0.1, -0.05) is 42.5 Å². The van der Waals surface area contributed by atoms with Crippen LogP contribution >= 0.6 is 7.82 Å². The van der Waals surface area contributed by atoms with E-state index in [4.69, 9.17) is 23.0 Å². The van der Waals surface area contributed by atoms with E-state index in [1.165, 1.54) is 22.8 Å². The molecule has 7 nitrogen and oxygen atoms in total. The van der Waals surface area contributed by atoms with Crippen LogP contribution < -0.4 is 0 Å². The topological polar surface area (TPSA) is 66.5 Å². The molecule has 2 atom stereocenters. The van der Waals surface area contributed by atoms with E-state index >= 15 is 0 Å². The lowest BCUT2D eigenvalue weighted by Crippen LogP contribution is -2.29. The minimum Gasteiger partial charge on any atom is -0.379 e. The van der Waals surface area contributed by atoms with Crippen molar-refractivity contribution in [3.8, 4) is 0 Å². The third-order valence-electron chi connectivity index (χ3n) is 6.30. The number of hydrogen-bond donors (Lipinski definition) is 0. The standard InChI is InChI=1S/C24H34NO6P/c1-3-27-11-13-29-32(26,30-14-12-28-4-2)31-19-25-17-23-16-24(23,18-25)22-10-9-20-7-5-6-8-21(20)15-22/h5-10,15,23H,3-4,11-14,16-19H2,1-2H3/t23-,24+/m1/s1. The summed E-state index contributed by atoms with van der Waals surface area (Å²) in [6, 6.07) is 15.2. The Bertz CT molecular complexity index is 924. The Morgan fingerprint density at radius 1 is 0.938 bits per heavy atom. The van der Waals surface area contributed by atoms with Crippen LogP contribution in [-0.4, -0.2) is 64.4 Å². The average Bonchev–Trinajstić information content (AvgIpc) is 3.39. The van der Waals surface area contributed by atoms with Crippen LogP contribution in [0.1, 0.15) is 25.8 Å². The van der Waals surface area contributed by atoms with Crippen LogP contribution in [0, 0.1) is 5.92 Å². The first-order chi connectivity index (χ1) is 15.6. The molecule has 0 amide bonds. The van der Waals surface area contributed by atoms with E-state index in [0.29, 0.717) is 32.3 Å². The maximum absolute atomic E-state index is 13.1. The first-order valence-electron chi connectivity index (χ1n) is 11.5. The summed E-state index contributed by atoms with van der Waals surface area (Å²) < 4.78 is 40.3. The van der Waals surface area contributed by atoms with E-state index in [9.17, 15) is 4.57 Å². The molecule has 2 fully saturated rings. The molecule has 8 heteroatoms. The molecule has 2 aliphatic rings. The monoisotopic (exact) mass is 463 g/mol. The zero-order valence-electron chi connectivity index (χ0n) is 19.0. The van der Waals surface area contributed by atoms with Crippen LogP contribution in [0.3, 0.4) is 0 Å². The molecule has 1 heterocycles. The van der Waals surface area contributed by atoms with Gasteiger partial charge in [-0.3, -0.25) is 18.5 Å². The van der Waals surface area contributed by atoms with Crippen molar-refractivity contribution < 1.29 is 27.6 Å². The van der Waals surface area contributed by atoms with Gasteiger partial charge in [0.05, 0.1) is 26.4 Å². The fourth-order valence-electron chi connectivity index (χ4n) is 4.60. The second-order valence-electron chi connectivity index (χ2n) is 8.40. The molecule has 32 heavy (non-hydrogen) atoms. The molecule has 176 valence electrons. The molecule has 1 aliphatic carbocycles. The Labute approximate surface area is 190 Å². The molecule has 4 rings (SSSR count). The van der Waals surface area contributed by atoms with Gasteiger partial charge < -0.3 is 9.47 Å². The Morgan fingerprint density at radius 2 is 1.62 bits per heavy atom. The lowest BCUT2D eigenvalue weighted by Gasteiger charge is -2.24. The molecule has 0 bridgehead atoms. The summed E-state index contributed by atoms with van der Waals surface area (Å²) in [7, 11) is -3.69. The van der Waals surface area contributed by atoms with E-state index < -0.39 is 7.82 Å². The molecular weight excluding hydrogens is 429 g/mol. The molecule has 0 spiro atoms. The van der Waals surface area contributed by atoms with Gasteiger partial charge in [-0.15, -0.1) is 0 Å². The number of piperidine rings is 1. The van der Waals surface area contributed by atoms with Crippen molar-refractivity contribution in [1.29, 1.82) is 0 Å². The number of phosphoric ester groups is 1. The minimum atomic E-state index is -3.69. The van der Waals surface area contributed by atoms with Crippen LogP contribution in [0.15, 0.2) is 42.5 Å². The van der Waals surface area contributed by atoms with Crippen LogP contribution in [0.25, 0.3) is 10.8 Å². The highest BCUT2D eigenvalue weighted by molar-refractivity contribution is 7.48. The molecule has 1 aliphatic heterocycles. The van der Waals surface area contributed by atoms with E-state index in [-0.39, 0.29) is 25.4 Å². The zero-order valence-corrected chi connectivity index (χ0v) is 19.9. The fourth-order valence-corrected chi connectivity index (χ4v) is 5.72. The molecule has 0 radical (unpaired) electrons. The van der Waals surface area contributed by atoms with E-state index in [0.717, 1.165) is 13.1 Å². The quantitative estimate of drug-likeness (QED) is 0.300. The highest BCUT2D eigenvalue weighted by Crippen LogP contribution is 2.59. The summed E-state index contributed by atoms with van der Waals surface area (Å²) in [5.41, 5.74) is 1.55. The molecule has 0 unspecified atom stereocenters. The molecule has 1 saturated heterocycles. The summed E-state index contributed by atoms with van der Waals surface area (Å²) in [6.45, 7) is 7.97. The van der Waals surface area contributed by atoms with Crippen molar-refractivity contribution in [3.63, 3.8) is 0 Å². The van der Waals surface area contributed by atoms with Gasteiger partial charge in [-0.05, 0) is 42.5 Å². The van der Waals surface area contributed by atoms with Crippen molar-refractivity contribution >= 4 is 18.6 Å². The first-order valence-corrected chi connectivity index (χ1v) is 13.0. The Hall–Kier alpha value is -1.31. The number of ether oxygens (including phenoxy) is 2. The van der Waals surface area contributed by atoms with E-state index in [1.807, 2.05) is 13.8 Å². The maximum Gasteiger partial charge on any atom is 0.476 e. The van der Waals surface area contributed by atoms with Gasteiger partial charge in [0.1, 0.15) is 6.73 Å². The average molecular weight is 464 g/mol. The van der Waals surface area contributed by atoms with E-state index in [2.05, 4.69) is 47.4 Å².